The van der Waals surface area contributed by atoms with Gasteiger partial charge in [0.1, 0.15) is 0 Å². The maximum absolute atomic E-state index is 11.9. The zero-order chi connectivity index (χ0) is 16.9. The minimum absolute atomic E-state index is 0.00671. The van der Waals surface area contributed by atoms with Gasteiger partial charge in [0.15, 0.2) is 0 Å². The maximum atomic E-state index is 11.9. The Balaban J connectivity index is 2.55. The van der Waals surface area contributed by atoms with Crippen LogP contribution in [0.15, 0.2) is 18.2 Å². The third-order valence-electron chi connectivity index (χ3n) is 3.27. The highest BCUT2D eigenvalue weighted by atomic mass is 35.5. The molecule has 0 aliphatic heterocycles. The quantitative estimate of drug-likeness (QED) is 0.739. The summed E-state index contributed by atoms with van der Waals surface area (Å²) in [6, 6.07) is 4.26. The number of nitrogens with one attached hydrogen (secondary N) is 2. The van der Waals surface area contributed by atoms with Gasteiger partial charge < -0.3 is 16.4 Å². The van der Waals surface area contributed by atoms with E-state index < -0.39 is 6.04 Å². The summed E-state index contributed by atoms with van der Waals surface area (Å²) in [5.41, 5.74) is 6.41. The Kier molecular flexibility index (Phi) is 7.13. The average molecular weight is 346 g/mol. The summed E-state index contributed by atoms with van der Waals surface area (Å²) in [6.07, 6.45) is 0. The van der Waals surface area contributed by atoms with Crippen LogP contribution in [0.1, 0.15) is 32.4 Å². The molecule has 1 aromatic carbocycles. The molecule has 0 spiro atoms. The van der Waals surface area contributed by atoms with Crippen LogP contribution in [-0.2, 0) is 9.59 Å². The van der Waals surface area contributed by atoms with Gasteiger partial charge in [-0.2, -0.15) is 0 Å². The van der Waals surface area contributed by atoms with Gasteiger partial charge in [0, 0.05) is 0 Å². The molecule has 7 heteroatoms. The highest BCUT2D eigenvalue weighted by molar-refractivity contribution is 6.42. The molecule has 0 fully saturated rings. The minimum Gasteiger partial charge on any atom is -0.348 e. The molecule has 5 nitrogen and oxygen atoms in total. The smallest absolute Gasteiger partial charge is 0.239 e. The van der Waals surface area contributed by atoms with E-state index in [1.165, 1.54) is 0 Å². The number of hydrogen-bond donors (Lipinski definition) is 3. The average Bonchev–Trinajstić information content (AvgIpc) is 2.46. The molecule has 2 amide bonds. The standard InChI is InChI=1S/C15H21Cl2N3O2/c1-8(2)14(18)15(22)19-7-12(21)20-9(3)10-5-4-6-11(16)13(10)17/h4-6,8-9,14H,7,18H2,1-3H3,(H,19,22)(H,20,21)/t9?,14-/m0/s1. The van der Waals surface area contributed by atoms with Crippen LogP contribution in [0.3, 0.4) is 0 Å². The molecule has 0 radical (unpaired) electrons. The zero-order valence-electron chi connectivity index (χ0n) is 12.8. The van der Waals surface area contributed by atoms with E-state index in [9.17, 15) is 9.59 Å². The van der Waals surface area contributed by atoms with Crippen molar-refractivity contribution in [2.75, 3.05) is 6.54 Å². The third kappa shape index (κ3) is 5.16. The van der Waals surface area contributed by atoms with Crippen LogP contribution in [-0.4, -0.2) is 24.4 Å². The number of halogens is 2. The van der Waals surface area contributed by atoms with Crippen LogP contribution in [0.2, 0.25) is 10.0 Å². The summed E-state index contributed by atoms with van der Waals surface area (Å²) < 4.78 is 0. The lowest BCUT2D eigenvalue weighted by Crippen LogP contribution is -2.47. The first-order valence-corrected chi connectivity index (χ1v) is 7.76. The summed E-state index contributed by atoms with van der Waals surface area (Å²) in [5, 5.41) is 6.09. The van der Waals surface area contributed by atoms with Gasteiger partial charge in [-0.3, -0.25) is 9.59 Å². The van der Waals surface area contributed by atoms with E-state index in [4.69, 9.17) is 28.9 Å². The van der Waals surface area contributed by atoms with E-state index >= 15 is 0 Å². The third-order valence-corrected chi connectivity index (χ3v) is 4.10. The van der Waals surface area contributed by atoms with Crippen LogP contribution in [0.5, 0.6) is 0 Å². The van der Waals surface area contributed by atoms with E-state index in [1.807, 2.05) is 13.8 Å². The van der Waals surface area contributed by atoms with Crippen LogP contribution in [0, 0.1) is 5.92 Å². The molecule has 122 valence electrons. The topological polar surface area (TPSA) is 84.2 Å². The van der Waals surface area contributed by atoms with Crippen molar-refractivity contribution in [1.82, 2.24) is 10.6 Å². The van der Waals surface area contributed by atoms with Gasteiger partial charge in [-0.15, -0.1) is 0 Å². The van der Waals surface area contributed by atoms with E-state index in [-0.39, 0.29) is 30.3 Å². The second kappa shape index (κ2) is 8.36. The molecule has 2 atom stereocenters. The monoisotopic (exact) mass is 345 g/mol. The predicted molar refractivity (Wildman–Crippen MR) is 88.8 cm³/mol. The van der Waals surface area contributed by atoms with Crippen LogP contribution >= 0.6 is 23.2 Å². The van der Waals surface area contributed by atoms with Gasteiger partial charge in [-0.05, 0) is 24.5 Å². The van der Waals surface area contributed by atoms with Gasteiger partial charge >= 0.3 is 0 Å². The van der Waals surface area contributed by atoms with Crippen molar-refractivity contribution >= 4 is 35.0 Å². The Morgan fingerprint density at radius 1 is 1.23 bits per heavy atom. The Labute approximate surface area is 140 Å². The van der Waals surface area contributed by atoms with Crippen LogP contribution in [0.25, 0.3) is 0 Å². The highest BCUT2D eigenvalue weighted by Gasteiger charge is 2.19. The Morgan fingerprint density at radius 2 is 1.86 bits per heavy atom. The minimum atomic E-state index is -0.632. The molecular formula is C15H21Cl2N3O2. The van der Waals surface area contributed by atoms with Crippen molar-refractivity contribution in [1.29, 1.82) is 0 Å². The van der Waals surface area contributed by atoms with E-state index in [0.717, 1.165) is 0 Å². The van der Waals surface area contributed by atoms with Crippen LogP contribution < -0.4 is 16.4 Å². The largest absolute Gasteiger partial charge is 0.348 e. The molecule has 0 saturated heterocycles. The lowest BCUT2D eigenvalue weighted by Gasteiger charge is -2.18. The summed E-state index contributed by atoms with van der Waals surface area (Å²) in [7, 11) is 0. The molecule has 1 aromatic rings. The number of amides is 2. The second-order valence-corrected chi connectivity index (χ2v) is 6.21. The van der Waals surface area contributed by atoms with Crippen LogP contribution in [0.4, 0.5) is 0 Å². The molecular weight excluding hydrogens is 325 g/mol. The lowest BCUT2D eigenvalue weighted by atomic mass is 10.1. The fourth-order valence-corrected chi connectivity index (χ4v) is 2.28. The molecule has 0 bridgehead atoms. The van der Waals surface area contributed by atoms with Crippen molar-refractivity contribution in [3.8, 4) is 0 Å². The molecule has 22 heavy (non-hydrogen) atoms. The van der Waals surface area contributed by atoms with Crippen molar-refractivity contribution in [3.63, 3.8) is 0 Å². The number of carbonyl (C=O) groups excluding carboxylic acids is 2. The number of rotatable bonds is 6. The van der Waals surface area contributed by atoms with Crippen molar-refractivity contribution in [2.45, 2.75) is 32.9 Å². The normalized spacial score (nSPS) is 13.6. The van der Waals surface area contributed by atoms with E-state index in [2.05, 4.69) is 10.6 Å². The number of benzene rings is 1. The molecule has 4 N–H and O–H groups in total. The summed E-state index contributed by atoms with van der Waals surface area (Å²) in [6.45, 7) is 5.33. The summed E-state index contributed by atoms with van der Waals surface area (Å²) in [4.78, 5) is 23.6. The fraction of sp³-hybridized carbons (Fsp3) is 0.467. The maximum Gasteiger partial charge on any atom is 0.239 e. The van der Waals surface area contributed by atoms with Crippen molar-refractivity contribution in [2.24, 2.45) is 11.7 Å². The number of nitrogens with two attached hydrogens (primary N) is 1. The SMILES string of the molecule is CC(NC(=O)CNC(=O)[C@@H](N)C(C)C)c1cccc(Cl)c1Cl. The molecule has 0 aliphatic carbocycles. The first kappa shape index (κ1) is 18.7. The van der Waals surface area contributed by atoms with Gasteiger partial charge in [0.2, 0.25) is 11.8 Å². The van der Waals surface area contributed by atoms with Crippen molar-refractivity contribution < 1.29 is 9.59 Å². The molecule has 0 saturated carbocycles. The molecule has 0 aliphatic rings. The van der Waals surface area contributed by atoms with Gasteiger partial charge in [0.25, 0.3) is 0 Å². The van der Waals surface area contributed by atoms with E-state index in [0.29, 0.717) is 15.6 Å². The zero-order valence-corrected chi connectivity index (χ0v) is 14.3. The lowest BCUT2D eigenvalue weighted by molar-refractivity contribution is -0.127. The Morgan fingerprint density at radius 3 is 2.45 bits per heavy atom. The number of carbonyl (C=O) groups is 2. The first-order chi connectivity index (χ1) is 10.2. The number of hydrogen-bond acceptors (Lipinski definition) is 3. The molecule has 0 aromatic heterocycles. The second-order valence-electron chi connectivity index (χ2n) is 5.42. The van der Waals surface area contributed by atoms with Gasteiger partial charge in [-0.1, -0.05) is 49.2 Å². The molecule has 1 unspecified atom stereocenters. The van der Waals surface area contributed by atoms with E-state index in [1.54, 1.807) is 25.1 Å². The van der Waals surface area contributed by atoms with Crippen molar-refractivity contribution in [3.05, 3.63) is 33.8 Å². The molecule has 0 heterocycles. The Hall–Kier alpha value is -1.30. The predicted octanol–water partition coefficient (Wildman–Crippen LogP) is 2.27. The summed E-state index contributed by atoms with van der Waals surface area (Å²) in [5.74, 6) is -0.668. The fourth-order valence-electron chi connectivity index (χ4n) is 1.81. The van der Waals surface area contributed by atoms with Gasteiger partial charge in [0.05, 0.1) is 28.7 Å². The first-order valence-electron chi connectivity index (χ1n) is 7.00. The summed E-state index contributed by atoms with van der Waals surface area (Å²) >= 11 is 12.1. The molecule has 1 rings (SSSR count). The van der Waals surface area contributed by atoms with Gasteiger partial charge in [-0.25, -0.2) is 0 Å². The Bertz CT molecular complexity index is 550. The highest BCUT2D eigenvalue weighted by Crippen LogP contribution is 2.29.